The maximum absolute atomic E-state index is 12.7. The zero-order valence-electron chi connectivity index (χ0n) is 12.4. The Hall–Kier alpha value is -1.88. The van der Waals surface area contributed by atoms with Crippen LogP contribution < -0.4 is 10.6 Å². The summed E-state index contributed by atoms with van der Waals surface area (Å²) in [4.78, 5) is 23.8. The normalized spacial score (nSPS) is 17.0. The number of rotatable bonds is 5. The molecule has 0 saturated carbocycles. The molecule has 2 N–H and O–H groups in total. The highest BCUT2D eigenvalue weighted by atomic mass is 16.5. The molecular weight excluding hydrogens is 268 g/mol. The van der Waals surface area contributed by atoms with Crippen LogP contribution in [0.1, 0.15) is 24.8 Å². The first-order valence-corrected chi connectivity index (χ1v) is 7.30. The van der Waals surface area contributed by atoms with Crippen molar-refractivity contribution in [3.8, 4) is 0 Å². The predicted octanol–water partition coefficient (Wildman–Crippen LogP) is 0.987. The number of amides is 1. The SMILES string of the molecule is COC(=O)CCNC(=O)C1(c2ccccc2)CCNCC1. The Morgan fingerprint density at radius 3 is 2.52 bits per heavy atom. The van der Waals surface area contributed by atoms with Crippen molar-refractivity contribution in [2.24, 2.45) is 0 Å². The Kier molecular flexibility index (Phi) is 5.33. The molecule has 0 aromatic heterocycles. The lowest BCUT2D eigenvalue weighted by Gasteiger charge is -2.36. The minimum atomic E-state index is -0.497. The van der Waals surface area contributed by atoms with E-state index >= 15 is 0 Å². The van der Waals surface area contributed by atoms with Crippen LogP contribution in [0.5, 0.6) is 0 Å². The highest BCUT2D eigenvalue weighted by Gasteiger charge is 2.40. The van der Waals surface area contributed by atoms with Gasteiger partial charge in [-0.1, -0.05) is 30.3 Å². The maximum atomic E-state index is 12.7. The number of piperidine rings is 1. The van der Waals surface area contributed by atoms with Crippen LogP contribution in [0.4, 0.5) is 0 Å². The molecular formula is C16H22N2O3. The number of ether oxygens (including phenoxy) is 1. The fraction of sp³-hybridized carbons (Fsp3) is 0.500. The van der Waals surface area contributed by atoms with Gasteiger partial charge in [-0.15, -0.1) is 0 Å². The molecule has 114 valence electrons. The molecule has 2 rings (SSSR count). The lowest BCUT2D eigenvalue weighted by atomic mass is 9.72. The van der Waals surface area contributed by atoms with E-state index in [2.05, 4.69) is 15.4 Å². The molecule has 1 aliphatic heterocycles. The van der Waals surface area contributed by atoms with E-state index in [1.54, 1.807) is 0 Å². The third kappa shape index (κ3) is 3.61. The van der Waals surface area contributed by atoms with Crippen LogP contribution in [0.25, 0.3) is 0 Å². The molecule has 1 aromatic rings. The number of nitrogens with one attached hydrogen (secondary N) is 2. The Morgan fingerprint density at radius 2 is 1.90 bits per heavy atom. The van der Waals surface area contributed by atoms with Gasteiger partial charge in [0.25, 0.3) is 0 Å². The molecule has 1 heterocycles. The summed E-state index contributed by atoms with van der Waals surface area (Å²) in [6.45, 7) is 1.95. The van der Waals surface area contributed by atoms with Gasteiger partial charge in [0, 0.05) is 6.54 Å². The second kappa shape index (κ2) is 7.22. The molecule has 21 heavy (non-hydrogen) atoms. The van der Waals surface area contributed by atoms with Crippen molar-refractivity contribution >= 4 is 11.9 Å². The van der Waals surface area contributed by atoms with Gasteiger partial charge in [0.05, 0.1) is 18.9 Å². The third-order valence-electron chi connectivity index (χ3n) is 4.06. The maximum Gasteiger partial charge on any atom is 0.307 e. The van der Waals surface area contributed by atoms with Gasteiger partial charge in [-0.2, -0.15) is 0 Å². The van der Waals surface area contributed by atoms with Crippen molar-refractivity contribution < 1.29 is 14.3 Å². The largest absolute Gasteiger partial charge is 0.469 e. The molecule has 5 heteroatoms. The fourth-order valence-corrected chi connectivity index (χ4v) is 2.81. The summed E-state index contributed by atoms with van der Waals surface area (Å²) < 4.78 is 4.59. The predicted molar refractivity (Wildman–Crippen MR) is 79.9 cm³/mol. The molecule has 1 amide bonds. The van der Waals surface area contributed by atoms with E-state index in [1.165, 1.54) is 7.11 Å². The van der Waals surface area contributed by atoms with E-state index in [9.17, 15) is 9.59 Å². The van der Waals surface area contributed by atoms with Gasteiger partial charge in [0.2, 0.25) is 5.91 Å². The van der Waals surface area contributed by atoms with Crippen LogP contribution in [0.15, 0.2) is 30.3 Å². The summed E-state index contributed by atoms with van der Waals surface area (Å²) in [5.41, 5.74) is 0.546. The van der Waals surface area contributed by atoms with Gasteiger partial charge in [0.1, 0.15) is 0 Å². The number of hydrogen-bond donors (Lipinski definition) is 2. The monoisotopic (exact) mass is 290 g/mol. The highest BCUT2D eigenvalue weighted by Crippen LogP contribution is 2.33. The molecule has 5 nitrogen and oxygen atoms in total. The van der Waals surface area contributed by atoms with Crippen molar-refractivity contribution in [1.29, 1.82) is 0 Å². The first-order chi connectivity index (χ1) is 10.2. The van der Waals surface area contributed by atoms with E-state index in [4.69, 9.17) is 0 Å². The summed E-state index contributed by atoms with van der Waals surface area (Å²) in [6.07, 6.45) is 1.73. The van der Waals surface area contributed by atoms with Gasteiger partial charge in [-0.3, -0.25) is 9.59 Å². The van der Waals surface area contributed by atoms with Crippen LogP contribution in [-0.4, -0.2) is 38.6 Å². The van der Waals surface area contributed by atoms with Gasteiger partial charge in [-0.05, 0) is 31.5 Å². The number of methoxy groups -OCH3 is 1. The van der Waals surface area contributed by atoms with E-state index in [1.807, 2.05) is 30.3 Å². The summed E-state index contributed by atoms with van der Waals surface area (Å²) in [7, 11) is 1.35. The standard InChI is InChI=1S/C16H22N2O3/c1-21-14(19)7-10-18-15(20)16(8-11-17-12-9-16)13-5-3-2-4-6-13/h2-6,17H,7-12H2,1H3,(H,18,20). The van der Waals surface area contributed by atoms with Gasteiger partial charge in [-0.25, -0.2) is 0 Å². The van der Waals surface area contributed by atoms with E-state index < -0.39 is 5.41 Å². The lowest BCUT2D eigenvalue weighted by molar-refractivity contribution is -0.140. The number of carbonyl (C=O) groups is 2. The zero-order chi connectivity index (χ0) is 15.1. The van der Waals surface area contributed by atoms with Crippen LogP contribution in [0.2, 0.25) is 0 Å². The van der Waals surface area contributed by atoms with Crippen LogP contribution in [-0.2, 0) is 19.7 Å². The summed E-state index contributed by atoms with van der Waals surface area (Å²) >= 11 is 0. The molecule has 0 atom stereocenters. The minimum absolute atomic E-state index is 0.000830. The van der Waals surface area contributed by atoms with Crippen molar-refractivity contribution in [1.82, 2.24) is 10.6 Å². The minimum Gasteiger partial charge on any atom is -0.469 e. The molecule has 1 saturated heterocycles. The summed E-state index contributed by atoms with van der Waals surface area (Å²) in [6, 6.07) is 9.88. The smallest absolute Gasteiger partial charge is 0.307 e. The second-order valence-electron chi connectivity index (χ2n) is 5.28. The van der Waals surface area contributed by atoms with Crippen LogP contribution in [0.3, 0.4) is 0 Å². The van der Waals surface area contributed by atoms with Crippen molar-refractivity contribution in [3.63, 3.8) is 0 Å². The Balaban J connectivity index is 2.09. The van der Waals surface area contributed by atoms with Gasteiger partial charge in [0.15, 0.2) is 0 Å². The number of hydrogen-bond acceptors (Lipinski definition) is 4. The first kappa shape index (κ1) is 15.5. The molecule has 0 spiro atoms. The van der Waals surface area contributed by atoms with Crippen LogP contribution >= 0.6 is 0 Å². The van der Waals surface area contributed by atoms with Crippen molar-refractivity contribution in [2.45, 2.75) is 24.7 Å². The van der Waals surface area contributed by atoms with Gasteiger partial charge >= 0.3 is 5.97 Å². The Morgan fingerprint density at radius 1 is 1.24 bits per heavy atom. The average molecular weight is 290 g/mol. The zero-order valence-corrected chi connectivity index (χ0v) is 12.4. The molecule has 0 radical (unpaired) electrons. The Bertz CT molecular complexity index is 482. The number of esters is 1. The molecule has 0 aliphatic carbocycles. The lowest BCUT2D eigenvalue weighted by Crippen LogP contribution is -2.51. The summed E-state index contributed by atoms with van der Waals surface area (Å²) in [5, 5.41) is 6.18. The van der Waals surface area contributed by atoms with Crippen LogP contribution in [0, 0.1) is 0 Å². The molecule has 1 aromatic carbocycles. The highest BCUT2D eigenvalue weighted by molar-refractivity contribution is 5.88. The first-order valence-electron chi connectivity index (χ1n) is 7.30. The molecule has 1 fully saturated rings. The third-order valence-corrected chi connectivity index (χ3v) is 4.06. The quantitative estimate of drug-likeness (QED) is 0.794. The number of benzene rings is 1. The van der Waals surface area contributed by atoms with Crippen molar-refractivity contribution in [3.05, 3.63) is 35.9 Å². The van der Waals surface area contributed by atoms with E-state index in [0.717, 1.165) is 31.5 Å². The number of carbonyl (C=O) groups excluding carboxylic acids is 2. The second-order valence-corrected chi connectivity index (χ2v) is 5.28. The molecule has 0 unspecified atom stereocenters. The van der Waals surface area contributed by atoms with Crippen molar-refractivity contribution in [2.75, 3.05) is 26.7 Å². The Labute approximate surface area is 125 Å². The summed E-state index contributed by atoms with van der Waals surface area (Å²) in [5.74, 6) is -0.312. The van der Waals surface area contributed by atoms with E-state index in [-0.39, 0.29) is 18.3 Å². The topological polar surface area (TPSA) is 67.4 Å². The average Bonchev–Trinajstić information content (AvgIpc) is 2.56. The molecule has 1 aliphatic rings. The fourth-order valence-electron chi connectivity index (χ4n) is 2.81. The molecule has 0 bridgehead atoms. The van der Waals surface area contributed by atoms with E-state index in [0.29, 0.717) is 6.54 Å². The van der Waals surface area contributed by atoms with Gasteiger partial charge < -0.3 is 15.4 Å².